The molecule has 0 radical (unpaired) electrons. The van der Waals surface area contributed by atoms with Crippen molar-refractivity contribution >= 4 is 16.6 Å². The lowest BCUT2D eigenvalue weighted by Gasteiger charge is -2.08. The van der Waals surface area contributed by atoms with Crippen LogP contribution in [0.4, 0.5) is 0 Å². The lowest BCUT2D eigenvalue weighted by molar-refractivity contribution is 0.0982. The molecule has 0 fully saturated rings. The Kier molecular flexibility index (Phi) is 2.24. The number of hydrogen-bond donors (Lipinski definition) is 0. The Hall–Kier alpha value is -1.63. The van der Waals surface area contributed by atoms with E-state index in [0.717, 1.165) is 24.8 Å². The van der Waals surface area contributed by atoms with Crippen LogP contribution in [0, 0.1) is 0 Å². The van der Waals surface area contributed by atoms with Gasteiger partial charge >= 0.3 is 0 Å². The molecule has 2 aromatic carbocycles. The van der Waals surface area contributed by atoms with Gasteiger partial charge in [0.05, 0.1) is 0 Å². The number of ketones is 1. The van der Waals surface area contributed by atoms with Gasteiger partial charge in [-0.15, -0.1) is 0 Å². The molecule has 0 amide bonds. The molecule has 1 heteroatoms. The summed E-state index contributed by atoms with van der Waals surface area (Å²) in [6.45, 7) is 0. The van der Waals surface area contributed by atoms with Crippen molar-refractivity contribution in [1.82, 2.24) is 0 Å². The predicted molar refractivity (Wildman–Crippen MR) is 65.8 cm³/mol. The molecule has 0 aromatic heterocycles. The average molecular weight is 210 g/mol. The fourth-order valence-electron chi connectivity index (χ4n) is 2.59. The second-order valence-corrected chi connectivity index (χ2v) is 4.44. The van der Waals surface area contributed by atoms with E-state index in [-0.39, 0.29) is 0 Å². The summed E-state index contributed by atoms with van der Waals surface area (Å²) in [5.41, 5.74) is 2.22. The molecule has 1 aliphatic carbocycles. The van der Waals surface area contributed by atoms with E-state index in [9.17, 15) is 4.79 Å². The molecule has 80 valence electrons. The maximum absolute atomic E-state index is 11.9. The third-order valence-corrected chi connectivity index (χ3v) is 3.42. The monoisotopic (exact) mass is 210 g/mol. The molecule has 16 heavy (non-hydrogen) atoms. The number of aryl methyl sites for hydroxylation is 1. The van der Waals surface area contributed by atoms with E-state index in [1.165, 1.54) is 16.3 Å². The van der Waals surface area contributed by atoms with Gasteiger partial charge in [-0.3, -0.25) is 4.79 Å². The third kappa shape index (κ3) is 1.44. The molecule has 0 atom stereocenters. The Labute approximate surface area is 95.1 Å². The Morgan fingerprint density at radius 2 is 1.69 bits per heavy atom. The minimum Gasteiger partial charge on any atom is -0.294 e. The molecule has 3 rings (SSSR count). The Morgan fingerprint density at radius 1 is 0.875 bits per heavy atom. The van der Waals surface area contributed by atoms with Crippen LogP contribution in [0.25, 0.3) is 10.8 Å². The second kappa shape index (κ2) is 3.75. The van der Waals surface area contributed by atoms with Crippen LogP contribution < -0.4 is 0 Å². The van der Waals surface area contributed by atoms with Gasteiger partial charge in [-0.2, -0.15) is 0 Å². The van der Waals surface area contributed by atoms with Gasteiger partial charge in [0.25, 0.3) is 0 Å². The smallest absolute Gasteiger partial charge is 0.163 e. The summed E-state index contributed by atoms with van der Waals surface area (Å²) in [7, 11) is 0. The first-order valence-electron chi connectivity index (χ1n) is 5.90. The van der Waals surface area contributed by atoms with Crippen molar-refractivity contribution in [3.8, 4) is 0 Å². The van der Waals surface area contributed by atoms with E-state index in [1.807, 2.05) is 12.1 Å². The minimum absolute atomic E-state index is 0.318. The zero-order valence-electron chi connectivity index (χ0n) is 9.20. The zero-order valence-corrected chi connectivity index (χ0v) is 9.20. The van der Waals surface area contributed by atoms with Gasteiger partial charge in [0.2, 0.25) is 0 Å². The lowest BCUT2D eigenvalue weighted by atomic mass is 9.95. The van der Waals surface area contributed by atoms with Gasteiger partial charge in [-0.25, -0.2) is 0 Å². The molecule has 0 aliphatic heterocycles. The molecule has 0 unspecified atom stereocenters. The molecule has 0 spiro atoms. The van der Waals surface area contributed by atoms with Crippen molar-refractivity contribution in [3.63, 3.8) is 0 Å². The zero-order chi connectivity index (χ0) is 11.0. The van der Waals surface area contributed by atoms with Crippen molar-refractivity contribution in [2.24, 2.45) is 0 Å². The Bertz CT molecular complexity index is 554. The summed E-state index contributed by atoms with van der Waals surface area (Å²) in [5.74, 6) is 0.318. The van der Waals surface area contributed by atoms with Crippen molar-refractivity contribution in [2.75, 3.05) is 0 Å². The van der Waals surface area contributed by atoms with Crippen LogP contribution in [0.2, 0.25) is 0 Å². The molecular formula is C15H14O. The maximum Gasteiger partial charge on any atom is 0.163 e. The van der Waals surface area contributed by atoms with E-state index < -0.39 is 0 Å². The predicted octanol–water partition coefficient (Wildman–Crippen LogP) is 3.75. The van der Waals surface area contributed by atoms with E-state index in [0.29, 0.717) is 12.2 Å². The molecule has 0 saturated carbocycles. The SMILES string of the molecule is O=C1CCCCc2c1ccc1ccccc21. The summed E-state index contributed by atoms with van der Waals surface area (Å²) >= 11 is 0. The highest BCUT2D eigenvalue weighted by molar-refractivity contribution is 6.03. The normalized spacial score (nSPS) is 15.9. The first-order valence-corrected chi connectivity index (χ1v) is 5.90. The van der Waals surface area contributed by atoms with Crippen LogP contribution in [0.1, 0.15) is 35.2 Å². The number of Topliss-reactive ketones (excluding diaryl/α,β-unsaturated/α-hetero) is 1. The van der Waals surface area contributed by atoms with Gasteiger partial charge in [-0.05, 0) is 35.6 Å². The molecule has 1 nitrogen and oxygen atoms in total. The minimum atomic E-state index is 0.318. The van der Waals surface area contributed by atoms with Crippen LogP contribution in [0.5, 0.6) is 0 Å². The van der Waals surface area contributed by atoms with Crippen LogP contribution in [-0.2, 0) is 6.42 Å². The summed E-state index contributed by atoms with van der Waals surface area (Å²) in [5, 5.41) is 2.51. The highest BCUT2D eigenvalue weighted by atomic mass is 16.1. The van der Waals surface area contributed by atoms with Crippen molar-refractivity contribution < 1.29 is 4.79 Å². The van der Waals surface area contributed by atoms with Crippen LogP contribution >= 0.6 is 0 Å². The summed E-state index contributed by atoms with van der Waals surface area (Å²) in [6.07, 6.45) is 3.92. The molecule has 0 bridgehead atoms. The highest BCUT2D eigenvalue weighted by Gasteiger charge is 2.16. The van der Waals surface area contributed by atoms with Crippen molar-refractivity contribution in [1.29, 1.82) is 0 Å². The van der Waals surface area contributed by atoms with Crippen LogP contribution in [0.15, 0.2) is 36.4 Å². The van der Waals surface area contributed by atoms with Crippen LogP contribution in [-0.4, -0.2) is 5.78 Å². The van der Waals surface area contributed by atoms with Gasteiger partial charge in [0, 0.05) is 12.0 Å². The van der Waals surface area contributed by atoms with Gasteiger partial charge < -0.3 is 0 Å². The number of carbonyl (C=O) groups excluding carboxylic acids is 1. The van der Waals surface area contributed by atoms with E-state index in [2.05, 4.69) is 24.3 Å². The molecule has 1 aliphatic rings. The number of carbonyl (C=O) groups is 1. The second-order valence-electron chi connectivity index (χ2n) is 4.44. The van der Waals surface area contributed by atoms with E-state index in [1.54, 1.807) is 0 Å². The fourth-order valence-corrected chi connectivity index (χ4v) is 2.59. The first-order chi connectivity index (χ1) is 7.86. The molecule has 0 heterocycles. The maximum atomic E-state index is 11.9. The quantitative estimate of drug-likeness (QED) is 0.605. The Morgan fingerprint density at radius 3 is 2.62 bits per heavy atom. The third-order valence-electron chi connectivity index (χ3n) is 3.42. The topological polar surface area (TPSA) is 17.1 Å². The number of benzene rings is 2. The van der Waals surface area contributed by atoms with Gasteiger partial charge in [-0.1, -0.05) is 36.4 Å². The molecule has 0 N–H and O–H groups in total. The van der Waals surface area contributed by atoms with Gasteiger partial charge in [0.1, 0.15) is 0 Å². The average Bonchev–Trinajstić information content (AvgIpc) is 2.52. The van der Waals surface area contributed by atoms with Crippen LogP contribution in [0.3, 0.4) is 0 Å². The number of fused-ring (bicyclic) bond motifs is 3. The van der Waals surface area contributed by atoms with E-state index >= 15 is 0 Å². The summed E-state index contributed by atoms with van der Waals surface area (Å²) in [4.78, 5) is 11.9. The number of rotatable bonds is 0. The molecular weight excluding hydrogens is 196 g/mol. The largest absolute Gasteiger partial charge is 0.294 e. The van der Waals surface area contributed by atoms with Gasteiger partial charge in [0.15, 0.2) is 5.78 Å². The molecule has 0 saturated heterocycles. The summed E-state index contributed by atoms with van der Waals surface area (Å²) < 4.78 is 0. The highest BCUT2D eigenvalue weighted by Crippen LogP contribution is 2.28. The number of hydrogen-bond acceptors (Lipinski definition) is 1. The molecule has 2 aromatic rings. The van der Waals surface area contributed by atoms with E-state index in [4.69, 9.17) is 0 Å². The lowest BCUT2D eigenvalue weighted by Crippen LogP contribution is -2.00. The summed E-state index contributed by atoms with van der Waals surface area (Å²) in [6, 6.07) is 12.4. The van der Waals surface area contributed by atoms with Crippen molar-refractivity contribution in [2.45, 2.75) is 25.7 Å². The Balaban J connectivity index is 2.32. The first kappa shape index (κ1) is 9.59. The fraction of sp³-hybridized carbons (Fsp3) is 0.267. The standard InChI is InChI=1S/C15H14O/c16-15-8-4-3-7-13-12-6-2-1-5-11(12)9-10-14(13)15/h1-2,5-6,9-10H,3-4,7-8H2. The van der Waals surface area contributed by atoms with Crippen molar-refractivity contribution in [3.05, 3.63) is 47.5 Å².